The van der Waals surface area contributed by atoms with Crippen LogP contribution in [-0.4, -0.2) is 19.9 Å². The van der Waals surface area contributed by atoms with E-state index in [0.29, 0.717) is 5.56 Å². The molecule has 130 valence electrons. The minimum atomic E-state index is -0.0188. The number of carbonyl (C=O) groups excluding carboxylic acids is 1. The van der Waals surface area contributed by atoms with Crippen LogP contribution in [0.4, 0.5) is 11.4 Å². The van der Waals surface area contributed by atoms with Gasteiger partial charge < -0.3 is 9.64 Å². The molecule has 0 aliphatic heterocycles. The third kappa shape index (κ3) is 4.19. The second-order valence-electron chi connectivity index (χ2n) is 5.91. The van der Waals surface area contributed by atoms with Crippen LogP contribution >= 0.6 is 0 Å². The number of ether oxygens (including phenoxy) is 1. The standard InChI is InChI=1S/C23H21NO2/c1-24(20-6-4-3-5-7-20)21-13-11-19(12-14-21)23(25)17-10-18-8-15-22(26-2)16-9-18/h3-17H,1-2H3. The molecule has 0 saturated carbocycles. The van der Waals surface area contributed by atoms with Gasteiger partial charge in [-0.2, -0.15) is 0 Å². The van der Waals surface area contributed by atoms with Crippen LogP contribution in [0.1, 0.15) is 15.9 Å². The fourth-order valence-corrected chi connectivity index (χ4v) is 2.63. The summed E-state index contributed by atoms with van der Waals surface area (Å²) in [4.78, 5) is 14.5. The molecule has 0 heterocycles. The highest BCUT2D eigenvalue weighted by Crippen LogP contribution is 2.23. The molecule has 3 rings (SSSR count). The van der Waals surface area contributed by atoms with E-state index in [9.17, 15) is 4.79 Å². The first-order chi connectivity index (χ1) is 12.7. The maximum Gasteiger partial charge on any atom is 0.185 e. The normalized spacial score (nSPS) is 10.7. The largest absolute Gasteiger partial charge is 0.497 e. The van der Waals surface area contributed by atoms with Crippen molar-refractivity contribution in [1.82, 2.24) is 0 Å². The van der Waals surface area contributed by atoms with Gasteiger partial charge >= 0.3 is 0 Å². The molecule has 0 bridgehead atoms. The highest BCUT2D eigenvalue weighted by atomic mass is 16.5. The number of ketones is 1. The molecule has 0 amide bonds. The van der Waals surface area contributed by atoms with Crippen molar-refractivity contribution in [2.45, 2.75) is 0 Å². The minimum Gasteiger partial charge on any atom is -0.497 e. The highest BCUT2D eigenvalue weighted by Gasteiger charge is 2.06. The average Bonchev–Trinajstić information content (AvgIpc) is 2.72. The van der Waals surface area contributed by atoms with Gasteiger partial charge in [0.15, 0.2) is 5.78 Å². The summed E-state index contributed by atoms with van der Waals surface area (Å²) in [6, 6.07) is 25.3. The van der Waals surface area contributed by atoms with Crippen molar-refractivity contribution in [3.63, 3.8) is 0 Å². The molecule has 0 N–H and O–H groups in total. The maximum atomic E-state index is 12.4. The van der Waals surface area contributed by atoms with Gasteiger partial charge in [0.25, 0.3) is 0 Å². The Morgan fingerprint density at radius 2 is 1.46 bits per heavy atom. The minimum absolute atomic E-state index is 0.0188. The van der Waals surface area contributed by atoms with Crippen molar-refractivity contribution in [3.05, 3.63) is 96.1 Å². The van der Waals surface area contributed by atoms with Crippen LogP contribution in [0.25, 0.3) is 6.08 Å². The van der Waals surface area contributed by atoms with Crippen LogP contribution in [0.3, 0.4) is 0 Å². The molecular formula is C23H21NO2. The number of benzene rings is 3. The summed E-state index contributed by atoms with van der Waals surface area (Å²) in [6.45, 7) is 0. The van der Waals surface area contributed by atoms with Crippen LogP contribution in [0.5, 0.6) is 5.75 Å². The molecule has 0 fully saturated rings. The fraction of sp³-hybridized carbons (Fsp3) is 0.0870. The lowest BCUT2D eigenvalue weighted by atomic mass is 10.1. The van der Waals surface area contributed by atoms with Crippen molar-refractivity contribution in [3.8, 4) is 5.75 Å². The predicted octanol–water partition coefficient (Wildman–Crippen LogP) is 5.36. The molecule has 0 unspecified atom stereocenters. The first-order valence-electron chi connectivity index (χ1n) is 8.43. The Morgan fingerprint density at radius 1 is 0.846 bits per heavy atom. The molecule has 0 spiro atoms. The number of hydrogen-bond acceptors (Lipinski definition) is 3. The lowest BCUT2D eigenvalue weighted by molar-refractivity contribution is 0.104. The monoisotopic (exact) mass is 343 g/mol. The van der Waals surface area contributed by atoms with Gasteiger partial charge in [-0.1, -0.05) is 36.4 Å². The molecule has 3 nitrogen and oxygen atoms in total. The van der Waals surface area contributed by atoms with E-state index in [4.69, 9.17) is 4.74 Å². The summed E-state index contributed by atoms with van der Waals surface area (Å²) in [7, 11) is 3.64. The molecule has 3 aromatic carbocycles. The van der Waals surface area contributed by atoms with E-state index in [1.165, 1.54) is 0 Å². The van der Waals surface area contributed by atoms with Gasteiger partial charge in [0.05, 0.1) is 7.11 Å². The molecule has 3 heteroatoms. The van der Waals surface area contributed by atoms with Gasteiger partial charge in [-0.05, 0) is 60.2 Å². The third-order valence-corrected chi connectivity index (χ3v) is 4.23. The van der Waals surface area contributed by atoms with Crippen molar-refractivity contribution in [1.29, 1.82) is 0 Å². The Kier molecular flexibility index (Phi) is 5.49. The Balaban J connectivity index is 1.69. The second-order valence-corrected chi connectivity index (χ2v) is 5.91. The summed E-state index contributed by atoms with van der Waals surface area (Å²) < 4.78 is 5.13. The zero-order valence-corrected chi connectivity index (χ0v) is 14.9. The van der Waals surface area contributed by atoms with Crippen LogP contribution < -0.4 is 9.64 Å². The van der Waals surface area contributed by atoms with Gasteiger partial charge in [0.2, 0.25) is 0 Å². The lowest BCUT2D eigenvalue weighted by Crippen LogP contribution is -2.09. The smallest absolute Gasteiger partial charge is 0.185 e. The Hall–Kier alpha value is -3.33. The van der Waals surface area contributed by atoms with E-state index < -0.39 is 0 Å². The van der Waals surface area contributed by atoms with Crippen molar-refractivity contribution < 1.29 is 9.53 Å². The number of hydrogen-bond donors (Lipinski definition) is 0. The van der Waals surface area contributed by atoms with Gasteiger partial charge in [0.1, 0.15) is 5.75 Å². The number of nitrogens with zero attached hydrogens (tertiary/aromatic N) is 1. The van der Waals surface area contributed by atoms with E-state index >= 15 is 0 Å². The molecule has 3 aromatic rings. The molecule has 0 saturated heterocycles. The third-order valence-electron chi connectivity index (χ3n) is 4.23. The number of allylic oxidation sites excluding steroid dienone is 1. The molecule has 0 aliphatic carbocycles. The van der Waals surface area contributed by atoms with E-state index in [2.05, 4.69) is 17.0 Å². The maximum absolute atomic E-state index is 12.4. The zero-order valence-electron chi connectivity index (χ0n) is 14.9. The van der Waals surface area contributed by atoms with Crippen LogP contribution in [0.2, 0.25) is 0 Å². The van der Waals surface area contributed by atoms with E-state index in [1.807, 2.05) is 79.9 Å². The summed E-state index contributed by atoms with van der Waals surface area (Å²) >= 11 is 0. The Labute approximate surface area is 154 Å². The second kappa shape index (κ2) is 8.17. The molecule has 0 aromatic heterocycles. The number of anilines is 2. The first kappa shape index (κ1) is 17.5. The van der Waals surface area contributed by atoms with E-state index in [1.54, 1.807) is 13.2 Å². The number of methoxy groups -OCH3 is 1. The Bertz CT molecular complexity index is 882. The summed E-state index contributed by atoms with van der Waals surface area (Å²) in [6.07, 6.45) is 3.41. The first-order valence-corrected chi connectivity index (χ1v) is 8.43. The average molecular weight is 343 g/mol. The molecule has 0 atom stereocenters. The summed E-state index contributed by atoms with van der Waals surface area (Å²) in [5.41, 5.74) is 3.76. The SMILES string of the molecule is COc1ccc(C=CC(=O)c2ccc(N(C)c3ccccc3)cc2)cc1. The fourth-order valence-electron chi connectivity index (χ4n) is 2.63. The number of rotatable bonds is 6. The van der Waals surface area contributed by atoms with Gasteiger partial charge in [0, 0.05) is 24.0 Å². The molecule has 26 heavy (non-hydrogen) atoms. The molecule has 0 aliphatic rings. The van der Waals surface area contributed by atoms with Gasteiger partial charge in [-0.25, -0.2) is 0 Å². The highest BCUT2D eigenvalue weighted by molar-refractivity contribution is 6.07. The van der Waals surface area contributed by atoms with Crippen molar-refractivity contribution >= 4 is 23.2 Å². The summed E-state index contributed by atoms with van der Waals surface area (Å²) in [5, 5.41) is 0. The van der Waals surface area contributed by atoms with E-state index in [-0.39, 0.29) is 5.78 Å². The molecule has 0 radical (unpaired) electrons. The number of carbonyl (C=O) groups is 1. The van der Waals surface area contributed by atoms with E-state index in [0.717, 1.165) is 22.7 Å². The van der Waals surface area contributed by atoms with Crippen LogP contribution in [0, 0.1) is 0 Å². The topological polar surface area (TPSA) is 29.5 Å². The van der Waals surface area contributed by atoms with Gasteiger partial charge in [-0.15, -0.1) is 0 Å². The summed E-state index contributed by atoms with van der Waals surface area (Å²) in [5.74, 6) is 0.779. The van der Waals surface area contributed by atoms with Crippen LogP contribution in [-0.2, 0) is 0 Å². The lowest BCUT2D eigenvalue weighted by Gasteiger charge is -2.19. The van der Waals surface area contributed by atoms with Gasteiger partial charge in [-0.3, -0.25) is 4.79 Å². The Morgan fingerprint density at radius 3 is 2.08 bits per heavy atom. The zero-order chi connectivity index (χ0) is 18.4. The predicted molar refractivity (Wildman–Crippen MR) is 107 cm³/mol. The molecular weight excluding hydrogens is 322 g/mol. The number of para-hydroxylation sites is 1. The van der Waals surface area contributed by atoms with Crippen LogP contribution in [0.15, 0.2) is 84.9 Å². The van der Waals surface area contributed by atoms with Crippen molar-refractivity contribution in [2.24, 2.45) is 0 Å². The quantitative estimate of drug-likeness (QED) is 0.446. The van der Waals surface area contributed by atoms with Crippen molar-refractivity contribution in [2.75, 3.05) is 19.1 Å².